The van der Waals surface area contributed by atoms with Crippen molar-refractivity contribution >= 4 is 27.2 Å². The number of thiazole rings is 1. The molecule has 8 heteroatoms. The van der Waals surface area contributed by atoms with Gasteiger partial charge in [0, 0.05) is 42.3 Å². The van der Waals surface area contributed by atoms with Crippen molar-refractivity contribution in [3.05, 3.63) is 62.6 Å². The van der Waals surface area contributed by atoms with E-state index >= 15 is 0 Å². The Bertz CT molecular complexity index is 1030. The van der Waals surface area contributed by atoms with Gasteiger partial charge in [0.15, 0.2) is 6.79 Å². The molecule has 1 fully saturated rings. The number of benzene rings is 2. The van der Waals surface area contributed by atoms with Crippen molar-refractivity contribution in [3.8, 4) is 5.75 Å². The summed E-state index contributed by atoms with van der Waals surface area (Å²) in [6, 6.07) is 11.4. The summed E-state index contributed by atoms with van der Waals surface area (Å²) in [5, 5.41) is 12.5. The first kappa shape index (κ1) is 18.5. The molecule has 2 aliphatic heterocycles. The lowest BCUT2D eigenvalue weighted by Gasteiger charge is -2.32. The standard InChI is InChI=1S/C21H21N3O4S/c25-24(26)17-8-15(20-16(9-17)12-27-13-28-20)11-23-7-3-4-14(10-23)21-22-18-5-1-2-6-19(18)29-21/h1-2,5-6,8-9,14H,3-4,7,10-13H2/t14-/m1/s1. The fraction of sp³-hybridized carbons (Fsp3) is 0.381. The lowest BCUT2D eigenvalue weighted by Crippen LogP contribution is -2.34. The zero-order valence-electron chi connectivity index (χ0n) is 15.9. The van der Waals surface area contributed by atoms with E-state index < -0.39 is 0 Å². The van der Waals surface area contributed by atoms with E-state index in [1.165, 1.54) is 9.71 Å². The minimum atomic E-state index is -0.349. The predicted molar refractivity (Wildman–Crippen MR) is 110 cm³/mol. The molecule has 1 saturated heterocycles. The predicted octanol–water partition coefficient (Wildman–Crippen LogP) is 4.45. The summed E-state index contributed by atoms with van der Waals surface area (Å²) in [5.41, 5.74) is 2.76. The van der Waals surface area contributed by atoms with E-state index in [1.54, 1.807) is 23.5 Å². The second-order valence-corrected chi connectivity index (χ2v) is 8.62. The highest BCUT2D eigenvalue weighted by molar-refractivity contribution is 7.18. The number of nitro benzene ring substituents is 1. The number of likely N-dealkylation sites (tertiary alicyclic amines) is 1. The van der Waals surface area contributed by atoms with Crippen molar-refractivity contribution in [2.45, 2.75) is 31.9 Å². The van der Waals surface area contributed by atoms with Crippen LogP contribution in [0.5, 0.6) is 5.75 Å². The summed E-state index contributed by atoms with van der Waals surface area (Å²) in [6.45, 7) is 3.03. The number of fused-ring (bicyclic) bond motifs is 2. The summed E-state index contributed by atoms with van der Waals surface area (Å²) in [7, 11) is 0. The first-order valence-electron chi connectivity index (χ1n) is 9.76. The van der Waals surface area contributed by atoms with Crippen LogP contribution in [0.4, 0.5) is 5.69 Å². The van der Waals surface area contributed by atoms with Crippen molar-refractivity contribution in [2.75, 3.05) is 19.9 Å². The molecule has 0 amide bonds. The SMILES string of the molecule is O=[N+]([O-])c1cc2c(c(CN3CCC[C@@H](c4nc5ccccc5s4)C3)c1)OCOC2. The number of para-hydroxylation sites is 1. The van der Waals surface area contributed by atoms with Crippen LogP contribution in [0.15, 0.2) is 36.4 Å². The maximum absolute atomic E-state index is 11.4. The number of nitrogens with zero attached hydrogens (tertiary/aromatic N) is 3. The average molecular weight is 411 g/mol. The van der Waals surface area contributed by atoms with Crippen LogP contribution in [0.2, 0.25) is 0 Å². The van der Waals surface area contributed by atoms with Crippen molar-refractivity contribution in [2.24, 2.45) is 0 Å². The lowest BCUT2D eigenvalue weighted by atomic mass is 9.97. The summed E-state index contributed by atoms with van der Waals surface area (Å²) in [6.07, 6.45) is 2.20. The van der Waals surface area contributed by atoms with E-state index in [4.69, 9.17) is 14.5 Å². The molecule has 0 N–H and O–H groups in total. The maximum Gasteiger partial charge on any atom is 0.270 e. The Labute approximate surface area is 172 Å². The fourth-order valence-corrected chi connectivity index (χ4v) is 5.30. The normalized spacial score (nSPS) is 19.7. The second-order valence-electron chi connectivity index (χ2n) is 7.55. The van der Waals surface area contributed by atoms with E-state index in [0.717, 1.165) is 48.3 Å². The summed E-state index contributed by atoms with van der Waals surface area (Å²) in [5.74, 6) is 1.13. The number of rotatable bonds is 4. The highest BCUT2D eigenvalue weighted by atomic mass is 32.1. The van der Waals surface area contributed by atoms with Gasteiger partial charge in [-0.3, -0.25) is 15.0 Å². The van der Waals surface area contributed by atoms with Crippen LogP contribution >= 0.6 is 11.3 Å². The van der Waals surface area contributed by atoms with E-state index in [-0.39, 0.29) is 17.4 Å². The smallest absolute Gasteiger partial charge is 0.270 e. The van der Waals surface area contributed by atoms with Gasteiger partial charge in [0.1, 0.15) is 5.75 Å². The number of aromatic nitrogens is 1. The maximum atomic E-state index is 11.4. The quantitative estimate of drug-likeness (QED) is 0.466. The molecule has 1 aromatic heterocycles. The third kappa shape index (κ3) is 3.71. The topological polar surface area (TPSA) is 77.7 Å². The number of non-ortho nitro benzene ring substituents is 1. The zero-order chi connectivity index (χ0) is 19.8. The van der Waals surface area contributed by atoms with Gasteiger partial charge in [0.05, 0.1) is 26.8 Å². The first-order chi connectivity index (χ1) is 14.2. The van der Waals surface area contributed by atoms with Gasteiger partial charge >= 0.3 is 0 Å². The Balaban J connectivity index is 1.39. The minimum Gasteiger partial charge on any atom is -0.467 e. The molecule has 1 atom stereocenters. The van der Waals surface area contributed by atoms with Gasteiger partial charge in [-0.15, -0.1) is 11.3 Å². The fourth-order valence-electron chi connectivity index (χ4n) is 4.21. The molecule has 3 heterocycles. The Morgan fingerprint density at radius 2 is 2.21 bits per heavy atom. The van der Waals surface area contributed by atoms with Gasteiger partial charge in [-0.1, -0.05) is 12.1 Å². The van der Waals surface area contributed by atoms with Crippen LogP contribution in [-0.4, -0.2) is 34.7 Å². The molecule has 2 aliphatic rings. The summed E-state index contributed by atoms with van der Waals surface area (Å²) in [4.78, 5) is 18.2. The number of nitro groups is 1. The Hall–Kier alpha value is -2.55. The molecule has 7 nitrogen and oxygen atoms in total. The van der Waals surface area contributed by atoms with E-state index in [9.17, 15) is 10.1 Å². The minimum absolute atomic E-state index is 0.0904. The molecule has 0 radical (unpaired) electrons. The highest BCUT2D eigenvalue weighted by Gasteiger charge is 2.27. The highest BCUT2D eigenvalue weighted by Crippen LogP contribution is 2.36. The van der Waals surface area contributed by atoms with E-state index in [1.807, 2.05) is 12.1 Å². The monoisotopic (exact) mass is 411 g/mol. The number of hydrogen-bond acceptors (Lipinski definition) is 7. The molecule has 3 aromatic rings. The Morgan fingerprint density at radius 1 is 1.31 bits per heavy atom. The largest absolute Gasteiger partial charge is 0.467 e. The van der Waals surface area contributed by atoms with Gasteiger partial charge in [-0.25, -0.2) is 4.98 Å². The molecular formula is C21H21N3O4S. The van der Waals surface area contributed by atoms with Gasteiger partial charge in [0.25, 0.3) is 5.69 Å². The first-order valence-corrected chi connectivity index (χ1v) is 10.6. The molecule has 29 heavy (non-hydrogen) atoms. The van der Waals surface area contributed by atoms with E-state index in [0.29, 0.717) is 19.1 Å². The number of piperidine rings is 1. The Kier molecular flexibility index (Phi) is 4.91. The molecule has 5 rings (SSSR count). The molecule has 0 bridgehead atoms. The van der Waals surface area contributed by atoms with Crippen LogP contribution in [0.1, 0.15) is 34.9 Å². The van der Waals surface area contributed by atoms with Gasteiger partial charge in [0.2, 0.25) is 0 Å². The molecule has 150 valence electrons. The van der Waals surface area contributed by atoms with Gasteiger partial charge in [-0.2, -0.15) is 0 Å². The third-order valence-electron chi connectivity index (χ3n) is 5.54. The van der Waals surface area contributed by atoms with Crippen LogP contribution < -0.4 is 4.74 Å². The average Bonchev–Trinajstić information content (AvgIpc) is 3.18. The van der Waals surface area contributed by atoms with Gasteiger partial charge < -0.3 is 9.47 Å². The van der Waals surface area contributed by atoms with Crippen LogP contribution in [-0.2, 0) is 17.9 Å². The van der Waals surface area contributed by atoms with Crippen LogP contribution in [0, 0.1) is 10.1 Å². The van der Waals surface area contributed by atoms with Crippen molar-refractivity contribution < 1.29 is 14.4 Å². The molecule has 2 aromatic carbocycles. The van der Waals surface area contributed by atoms with Crippen molar-refractivity contribution in [1.82, 2.24) is 9.88 Å². The van der Waals surface area contributed by atoms with Crippen LogP contribution in [0.3, 0.4) is 0 Å². The number of hydrogen-bond donors (Lipinski definition) is 0. The molecule has 0 saturated carbocycles. The van der Waals surface area contributed by atoms with Crippen molar-refractivity contribution in [3.63, 3.8) is 0 Å². The molecule has 0 unspecified atom stereocenters. The van der Waals surface area contributed by atoms with Crippen molar-refractivity contribution in [1.29, 1.82) is 0 Å². The lowest BCUT2D eigenvalue weighted by molar-refractivity contribution is -0.385. The van der Waals surface area contributed by atoms with Gasteiger partial charge in [-0.05, 0) is 31.5 Å². The second kappa shape index (κ2) is 7.70. The molecule has 0 aliphatic carbocycles. The third-order valence-corrected chi connectivity index (χ3v) is 6.74. The van der Waals surface area contributed by atoms with E-state index in [2.05, 4.69) is 17.0 Å². The summed E-state index contributed by atoms with van der Waals surface area (Å²) >= 11 is 1.77. The summed E-state index contributed by atoms with van der Waals surface area (Å²) < 4.78 is 12.2. The van der Waals surface area contributed by atoms with Crippen LogP contribution in [0.25, 0.3) is 10.2 Å². The Morgan fingerprint density at radius 3 is 3.07 bits per heavy atom. The number of ether oxygens (including phenoxy) is 2. The molecular weight excluding hydrogens is 390 g/mol. The zero-order valence-corrected chi connectivity index (χ0v) is 16.7. The molecule has 0 spiro atoms.